The number of rotatable bonds is 4. The standard InChI is InChI=1S/C28H36N6O4S/c1-16-6-7-18-17(12-16)13-21(29-18)24(35)31-22-14-34(27(37)38-28(2,3)4)11-9-19(22)30-25(36)26-32-20-8-10-33(5)15-23(20)39-26/h6-7,12-13,19,22,29H,8-11,14-15H2,1-5H3,(H,30,36)(H,31,35)/t19-,22+/m1/s1. The van der Waals surface area contributed by atoms with E-state index in [0.29, 0.717) is 23.7 Å². The number of carbonyl (C=O) groups is 3. The van der Waals surface area contributed by atoms with Gasteiger partial charge in [-0.1, -0.05) is 11.6 Å². The highest BCUT2D eigenvalue weighted by molar-refractivity contribution is 7.13. The first-order chi connectivity index (χ1) is 18.4. The largest absolute Gasteiger partial charge is 0.444 e. The first-order valence-corrected chi connectivity index (χ1v) is 14.1. The molecule has 39 heavy (non-hydrogen) atoms. The molecule has 11 heteroatoms. The molecule has 0 unspecified atom stereocenters. The molecule has 1 fully saturated rings. The van der Waals surface area contributed by atoms with Crippen LogP contribution < -0.4 is 10.6 Å². The van der Waals surface area contributed by atoms with E-state index in [1.54, 1.807) is 4.90 Å². The summed E-state index contributed by atoms with van der Waals surface area (Å²) in [6.45, 7) is 9.78. The van der Waals surface area contributed by atoms with Gasteiger partial charge in [-0.2, -0.15) is 0 Å². The highest BCUT2D eigenvalue weighted by Gasteiger charge is 2.36. The molecule has 2 atom stereocenters. The second-order valence-electron chi connectivity index (χ2n) is 11.5. The molecule has 2 aliphatic rings. The molecule has 1 saturated heterocycles. The Hall–Kier alpha value is -3.44. The van der Waals surface area contributed by atoms with Crippen LogP contribution in [0.15, 0.2) is 24.3 Å². The molecule has 3 amide bonds. The molecule has 0 aliphatic carbocycles. The summed E-state index contributed by atoms with van der Waals surface area (Å²) in [5, 5.41) is 7.54. The van der Waals surface area contributed by atoms with E-state index in [2.05, 4.69) is 32.5 Å². The van der Waals surface area contributed by atoms with Gasteiger partial charge in [-0.05, 0) is 59.4 Å². The first kappa shape index (κ1) is 27.1. The Morgan fingerprint density at radius 1 is 1.10 bits per heavy atom. The van der Waals surface area contributed by atoms with Crippen LogP contribution in [-0.2, 0) is 17.7 Å². The molecule has 0 radical (unpaired) electrons. The fourth-order valence-electron chi connectivity index (χ4n) is 5.03. The van der Waals surface area contributed by atoms with Gasteiger partial charge in [0.15, 0.2) is 5.01 Å². The van der Waals surface area contributed by atoms with Gasteiger partial charge in [0.25, 0.3) is 11.8 Å². The average molecular weight is 553 g/mol. The molecule has 3 N–H and O–H groups in total. The highest BCUT2D eigenvalue weighted by Crippen LogP contribution is 2.25. The Balaban J connectivity index is 1.34. The zero-order valence-corrected chi connectivity index (χ0v) is 23.9. The van der Waals surface area contributed by atoms with Gasteiger partial charge in [-0.3, -0.25) is 9.59 Å². The van der Waals surface area contributed by atoms with Gasteiger partial charge in [-0.15, -0.1) is 11.3 Å². The maximum atomic E-state index is 13.3. The van der Waals surface area contributed by atoms with E-state index >= 15 is 0 Å². The summed E-state index contributed by atoms with van der Waals surface area (Å²) >= 11 is 1.42. The second kappa shape index (κ2) is 10.6. The van der Waals surface area contributed by atoms with Gasteiger partial charge in [0.05, 0.1) is 17.8 Å². The van der Waals surface area contributed by atoms with Gasteiger partial charge >= 0.3 is 6.09 Å². The lowest BCUT2D eigenvalue weighted by molar-refractivity contribution is 0.0161. The van der Waals surface area contributed by atoms with E-state index in [9.17, 15) is 14.4 Å². The molecule has 1 aromatic carbocycles. The number of aryl methyl sites for hydroxylation is 1. The highest BCUT2D eigenvalue weighted by atomic mass is 32.1. The van der Waals surface area contributed by atoms with Gasteiger partial charge in [0.2, 0.25) is 0 Å². The number of nitrogens with zero attached hydrogens (tertiary/aromatic N) is 3. The maximum absolute atomic E-state index is 13.3. The van der Waals surface area contributed by atoms with Crippen molar-refractivity contribution in [1.29, 1.82) is 0 Å². The molecule has 2 aliphatic heterocycles. The molecular formula is C28H36N6O4S. The Morgan fingerprint density at radius 2 is 1.87 bits per heavy atom. The summed E-state index contributed by atoms with van der Waals surface area (Å²) in [7, 11) is 2.06. The summed E-state index contributed by atoms with van der Waals surface area (Å²) < 4.78 is 5.58. The zero-order valence-electron chi connectivity index (χ0n) is 23.1. The van der Waals surface area contributed by atoms with Crippen molar-refractivity contribution in [2.75, 3.05) is 26.7 Å². The quantitative estimate of drug-likeness (QED) is 0.456. The molecule has 0 bridgehead atoms. The number of benzene rings is 1. The topological polar surface area (TPSA) is 120 Å². The number of ether oxygens (including phenoxy) is 1. The lowest BCUT2D eigenvalue weighted by Crippen LogP contribution is -2.61. The second-order valence-corrected chi connectivity index (χ2v) is 12.6. The van der Waals surface area contributed by atoms with Crippen molar-refractivity contribution in [3.8, 4) is 0 Å². The number of aromatic amines is 1. The Kier molecular flexibility index (Phi) is 7.39. The summed E-state index contributed by atoms with van der Waals surface area (Å²) in [5.41, 5.74) is 2.75. The lowest BCUT2D eigenvalue weighted by Gasteiger charge is -2.39. The number of hydrogen-bond acceptors (Lipinski definition) is 7. The van der Waals surface area contributed by atoms with Gasteiger partial charge in [0.1, 0.15) is 11.3 Å². The summed E-state index contributed by atoms with van der Waals surface area (Å²) in [5.74, 6) is -0.556. The predicted molar refractivity (Wildman–Crippen MR) is 150 cm³/mol. The maximum Gasteiger partial charge on any atom is 0.410 e. The molecule has 10 nitrogen and oxygen atoms in total. The van der Waals surface area contributed by atoms with E-state index in [1.807, 2.05) is 52.0 Å². The van der Waals surface area contributed by atoms with E-state index in [0.717, 1.165) is 46.5 Å². The molecule has 4 heterocycles. The van der Waals surface area contributed by atoms with Crippen molar-refractivity contribution in [3.63, 3.8) is 0 Å². The molecule has 3 aromatic rings. The number of likely N-dealkylation sites (tertiary alicyclic amines) is 1. The van der Waals surface area contributed by atoms with Crippen molar-refractivity contribution in [2.24, 2.45) is 0 Å². The Morgan fingerprint density at radius 3 is 2.64 bits per heavy atom. The SMILES string of the molecule is Cc1ccc2[nH]c(C(=O)N[C@H]3CN(C(=O)OC(C)(C)C)CC[C@H]3NC(=O)c3nc4c(s3)CN(C)CC4)cc2c1. The first-order valence-electron chi connectivity index (χ1n) is 13.3. The number of aromatic nitrogens is 2. The molecule has 0 spiro atoms. The zero-order chi connectivity index (χ0) is 27.9. The third-order valence-electron chi connectivity index (χ3n) is 7.03. The number of H-pyrrole nitrogens is 1. The van der Waals surface area contributed by atoms with Crippen LogP contribution in [0.3, 0.4) is 0 Å². The van der Waals surface area contributed by atoms with Crippen molar-refractivity contribution in [2.45, 2.75) is 64.8 Å². The lowest BCUT2D eigenvalue weighted by atomic mass is 9.99. The van der Waals surface area contributed by atoms with E-state index in [1.165, 1.54) is 11.3 Å². The van der Waals surface area contributed by atoms with Crippen LogP contribution in [0.25, 0.3) is 10.9 Å². The fourth-order valence-corrected chi connectivity index (χ4v) is 6.13. The molecule has 208 valence electrons. The van der Waals surface area contributed by atoms with Gasteiger partial charge in [-0.25, -0.2) is 9.78 Å². The number of likely N-dealkylation sites (N-methyl/N-ethyl adjacent to an activating group) is 1. The van der Waals surface area contributed by atoms with Crippen molar-refractivity contribution in [1.82, 2.24) is 30.4 Å². The predicted octanol–water partition coefficient (Wildman–Crippen LogP) is 3.46. The van der Waals surface area contributed by atoms with E-state index in [-0.39, 0.29) is 24.4 Å². The number of carbonyl (C=O) groups excluding carboxylic acids is 3. The van der Waals surface area contributed by atoms with E-state index in [4.69, 9.17) is 4.74 Å². The van der Waals surface area contributed by atoms with Gasteiger partial charge in [0, 0.05) is 48.4 Å². The van der Waals surface area contributed by atoms with Crippen molar-refractivity contribution >= 4 is 40.1 Å². The number of fused-ring (bicyclic) bond motifs is 2. The summed E-state index contributed by atoms with van der Waals surface area (Å²) in [6, 6.07) is 6.87. The van der Waals surface area contributed by atoms with Crippen LogP contribution in [0.2, 0.25) is 0 Å². The number of thiazole rings is 1. The molecule has 0 saturated carbocycles. The monoisotopic (exact) mass is 552 g/mol. The Bertz CT molecular complexity index is 1410. The van der Waals surface area contributed by atoms with Crippen LogP contribution in [0.5, 0.6) is 0 Å². The minimum Gasteiger partial charge on any atom is -0.444 e. The van der Waals surface area contributed by atoms with Crippen molar-refractivity contribution in [3.05, 3.63) is 51.1 Å². The van der Waals surface area contributed by atoms with Gasteiger partial charge < -0.3 is 30.2 Å². The molecule has 2 aromatic heterocycles. The normalized spacial score (nSPS) is 20.0. The molecular weight excluding hydrogens is 516 g/mol. The van der Waals surface area contributed by atoms with E-state index < -0.39 is 17.7 Å². The van der Waals surface area contributed by atoms with Crippen molar-refractivity contribution < 1.29 is 19.1 Å². The number of hydrogen-bond donors (Lipinski definition) is 3. The molecule has 5 rings (SSSR count). The smallest absolute Gasteiger partial charge is 0.410 e. The number of piperidine rings is 1. The minimum absolute atomic E-state index is 0.212. The third kappa shape index (κ3) is 6.25. The number of nitrogens with one attached hydrogen (secondary N) is 3. The fraction of sp³-hybridized carbons (Fsp3) is 0.500. The minimum atomic E-state index is -0.637. The summed E-state index contributed by atoms with van der Waals surface area (Å²) in [4.78, 5) is 52.1. The van der Waals surface area contributed by atoms with Crippen LogP contribution in [0, 0.1) is 6.92 Å². The third-order valence-corrected chi connectivity index (χ3v) is 8.12. The van der Waals surface area contributed by atoms with Crippen LogP contribution in [-0.4, -0.2) is 82.0 Å². The number of amides is 3. The van der Waals surface area contributed by atoms with Crippen LogP contribution >= 0.6 is 11.3 Å². The Labute approximate surface area is 232 Å². The summed E-state index contributed by atoms with van der Waals surface area (Å²) in [6.07, 6.45) is 0.853. The van der Waals surface area contributed by atoms with Crippen LogP contribution in [0.4, 0.5) is 4.79 Å². The average Bonchev–Trinajstić information content (AvgIpc) is 3.47. The van der Waals surface area contributed by atoms with Crippen LogP contribution in [0.1, 0.15) is 63.6 Å².